The van der Waals surface area contributed by atoms with E-state index in [0.717, 1.165) is 36.7 Å². The average molecular weight is 293 g/mol. The van der Waals surface area contributed by atoms with Crippen LogP contribution in [0.25, 0.3) is 0 Å². The quantitative estimate of drug-likeness (QED) is 0.760. The van der Waals surface area contributed by atoms with Crippen LogP contribution >= 0.6 is 0 Å². The molecule has 0 fully saturated rings. The molecule has 4 nitrogen and oxygen atoms in total. The summed E-state index contributed by atoms with van der Waals surface area (Å²) in [7, 11) is 0. The van der Waals surface area contributed by atoms with Gasteiger partial charge in [-0.15, -0.1) is 0 Å². The Bertz CT molecular complexity index is 409. The number of rotatable bonds is 9. The van der Waals surface area contributed by atoms with Crippen LogP contribution in [-0.2, 0) is 17.8 Å². The summed E-state index contributed by atoms with van der Waals surface area (Å²) in [5, 5.41) is 3.52. The molecule has 1 rings (SSSR count). The molecule has 0 saturated carbocycles. The van der Waals surface area contributed by atoms with Crippen LogP contribution in [0.15, 0.2) is 0 Å². The molecule has 0 bridgehead atoms. The van der Waals surface area contributed by atoms with Crippen molar-refractivity contribution in [2.24, 2.45) is 11.8 Å². The summed E-state index contributed by atoms with van der Waals surface area (Å²) < 4.78 is 5.39. The topological polar surface area (TPSA) is 47.0 Å². The van der Waals surface area contributed by atoms with Crippen LogP contribution in [-0.4, -0.2) is 29.7 Å². The molecule has 1 unspecified atom stereocenters. The molecule has 1 aromatic heterocycles. The smallest absolute Gasteiger partial charge is 0.154 e. The van der Waals surface area contributed by atoms with E-state index in [1.807, 2.05) is 6.92 Å². The molecule has 1 N–H and O–H groups in total. The molecule has 21 heavy (non-hydrogen) atoms. The van der Waals surface area contributed by atoms with Crippen LogP contribution in [0.3, 0.4) is 0 Å². The molecular formula is C17H31N3O. The molecule has 0 aliphatic heterocycles. The van der Waals surface area contributed by atoms with E-state index >= 15 is 0 Å². The fourth-order valence-corrected chi connectivity index (χ4v) is 2.40. The van der Waals surface area contributed by atoms with Crippen LogP contribution in [0, 0.1) is 25.7 Å². The van der Waals surface area contributed by atoms with Gasteiger partial charge in [-0.1, -0.05) is 20.8 Å². The standard InChI is InChI=1S/C17H31N3O/c1-7-21-11-17-19-14(5)16(15(6)20-17)8-13(4)10-18-9-12(2)3/h12-13,18H,7-11H2,1-6H3. The molecular weight excluding hydrogens is 262 g/mol. The first-order valence-electron chi connectivity index (χ1n) is 8.05. The monoisotopic (exact) mass is 293 g/mol. The highest BCUT2D eigenvalue weighted by Crippen LogP contribution is 2.15. The Labute approximate surface area is 129 Å². The number of aromatic nitrogens is 2. The molecule has 0 aromatic carbocycles. The van der Waals surface area contributed by atoms with Crippen LogP contribution in [0.2, 0.25) is 0 Å². The summed E-state index contributed by atoms with van der Waals surface area (Å²) >= 11 is 0. The van der Waals surface area contributed by atoms with Crippen LogP contribution in [0.1, 0.15) is 50.5 Å². The van der Waals surface area contributed by atoms with Gasteiger partial charge in [0.1, 0.15) is 6.61 Å². The Hall–Kier alpha value is -1.00. The van der Waals surface area contributed by atoms with Crippen molar-refractivity contribution in [2.45, 2.75) is 54.6 Å². The van der Waals surface area contributed by atoms with Crippen molar-refractivity contribution in [1.82, 2.24) is 15.3 Å². The number of hydrogen-bond donors (Lipinski definition) is 1. The van der Waals surface area contributed by atoms with E-state index in [1.165, 1.54) is 5.56 Å². The van der Waals surface area contributed by atoms with Crippen molar-refractivity contribution >= 4 is 0 Å². The number of nitrogens with zero attached hydrogens (tertiary/aromatic N) is 2. The van der Waals surface area contributed by atoms with E-state index in [4.69, 9.17) is 4.74 Å². The minimum absolute atomic E-state index is 0.504. The molecule has 0 saturated heterocycles. The van der Waals surface area contributed by atoms with E-state index in [0.29, 0.717) is 25.0 Å². The van der Waals surface area contributed by atoms with E-state index in [2.05, 4.69) is 49.9 Å². The Morgan fingerprint density at radius 3 is 2.19 bits per heavy atom. The highest BCUT2D eigenvalue weighted by Gasteiger charge is 2.12. The lowest BCUT2D eigenvalue weighted by molar-refractivity contribution is 0.128. The first-order valence-corrected chi connectivity index (χ1v) is 8.05. The molecule has 0 spiro atoms. The van der Waals surface area contributed by atoms with Crippen molar-refractivity contribution in [2.75, 3.05) is 19.7 Å². The molecule has 120 valence electrons. The average Bonchev–Trinajstić information content (AvgIpc) is 2.40. The van der Waals surface area contributed by atoms with Gasteiger partial charge in [-0.05, 0) is 57.7 Å². The zero-order valence-corrected chi connectivity index (χ0v) is 14.5. The van der Waals surface area contributed by atoms with Crippen molar-refractivity contribution in [3.63, 3.8) is 0 Å². The van der Waals surface area contributed by atoms with Crippen LogP contribution in [0.4, 0.5) is 0 Å². The van der Waals surface area contributed by atoms with Crippen molar-refractivity contribution in [3.8, 4) is 0 Å². The molecule has 1 aromatic rings. The Balaban J connectivity index is 2.62. The fraction of sp³-hybridized carbons (Fsp3) is 0.765. The van der Waals surface area contributed by atoms with Gasteiger partial charge in [0.15, 0.2) is 5.82 Å². The van der Waals surface area contributed by atoms with Crippen molar-refractivity contribution in [1.29, 1.82) is 0 Å². The summed E-state index contributed by atoms with van der Waals surface area (Å²) in [6.45, 7) is 16.2. The molecule has 0 radical (unpaired) electrons. The van der Waals surface area contributed by atoms with Crippen LogP contribution < -0.4 is 5.32 Å². The Kier molecular flexibility index (Phi) is 7.83. The molecule has 0 aliphatic rings. The number of ether oxygens (including phenoxy) is 1. The first kappa shape index (κ1) is 18.1. The maximum atomic E-state index is 5.39. The Morgan fingerprint density at radius 1 is 1.05 bits per heavy atom. The Morgan fingerprint density at radius 2 is 1.67 bits per heavy atom. The van der Waals surface area contributed by atoms with Crippen molar-refractivity contribution < 1.29 is 4.74 Å². The molecule has 0 aliphatic carbocycles. The number of nitrogens with one attached hydrogen (secondary N) is 1. The van der Waals surface area contributed by atoms with Gasteiger partial charge < -0.3 is 10.1 Å². The van der Waals surface area contributed by atoms with E-state index in [-0.39, 0.29) is 0 Å². The number of hydrogen-bond acceptors (Lipinski definition) is 4. The largest absolute Gasteiger partial charge is 0.374 e. The van der Waals surface area contributed by atoms with Gasteiger partial charge in [-0.3, -0.25) is 0 Å². The highest BCUT2D eigenvalue weighted by molar-refractivity contribution is 5.24. The molecule has 1 atom stereocenters. The summed E-state index contributed by atoms with van der Waals surface area (Å²) in [6.07, 6.45) is 1.03. The second kappa shape index (κ2) is 9.11. The van der Waals surface area contributed by atoms with Crippen LogP contribution in [0.5, 0.6) is 0 Å². The SMILES string of the molecule is CCOCc1nc(C)c(CC(C)CNCC(C)C)c(C)n1. The third-order valence-electron chi connectivity index (χ3n) is 3.50. The third kappa shape index (κ3) is 6.53. The summed E-state index contributed by atoms with van der Waals surface area (Å²) in [6, 6.07) is 0. The van der Waals surface area contributed by atoms with E-state index in [1.54, 1.807) is 0 Å². The van der Waals surface area contributed by atoms with Gasteiger partial charge >= 0.3 is 0 Å². The summed E-state index contributed by atoms with van der Waals surface area (Å²) in [5.74, 6) is 2.07. The van der Waals surface area contributed by atoms with Gasteiger partial charge in [0.05, 0.1) is 0 Å². The van der Waals surface area contributed by atoms with E-state index < -0.39 is 0 Å². The van der Waals surface area contributed by atoms with Gasteiger partial charge in [-0.2, -0.15) is 0 Å². The fourth-order valence-electron chi connectivity index (χ4n) is 2.40. The van der Waals surface area contributed by atoms with Gasteiger partial charge in [0, 0.05) is 18.0 Å². The summed E-state index contributed by atoms with van der Waals surface area (Å²) in [5.41, 5.74) is 3.47. The van der Waals surface area contributed by atoms with Gasteiger partial charge in [0.2, 0.25) is 0 Å². The lowest BCUT2D eigenvalue weighted by Crippen LogP contribution is -2.26. The maximum Gasteiger partial charge on any atom is 0.154 e. The molecule has 0 amide bonds. The second-order valence-corrected chi connectivity index (χ2v) is 6.29. The van der Waals surface area contributed by atoms with Gasteiger partial charge in [-0.25, -0.2) is 9.97 Å². The van der Waals surface area contributed by atoms with E-state index in [9.17, 15) is 0 Å². The van der Waals surface area contributed by atoms with Crippen molar-refractivity contribution in [3.05, 3.63) is 22.8 Å². The zero-order valence-electron chi connectivity index (χ0n) is 14.5. The maximum absolute atomic E-state index is 5.39. The highest BCUT2D eigenvalue weighted by atomic mass is 16.5. The first-order chi connectivity index (χ1) is 9.93. The molecule has 4 heteroatoms. The zero-order chi connectivity index (χ0) is 15.8. The summed E-state index contributed by atoms with van der Waals surface area (Å²) in [4.78, 5) is 9.15. The predicted molar refractivity (Wildman–Crippen MR) is 87.4 cm³/mol. The lowest BCUT2D eigenvalue weighted by Gasteiger charge is -2.17. The predicted octanol–water partition coefficient (Wildman–Crippen LogP) is 3.05. The minimum atomic E-state index is 0.504. The lowest BCUT2D eigenvalue weighted by atomic mass is 9.98. The number of aryl methyl sites for hydroxylation is 2. The minimum Gasteiger partial charge on any atom is -0.374 e. The molecule has 1 heterocycles. The van der Waals surface area contributed by atoms with Gasteiger partial charge in [0.25, 0.3) is 0 Å². The second-order valence-electron chi connectivity index (χ2n) is 6.29. The normalized spacial score (nSPS) is 12.9. The third-order valence-corrected chi connectivity index (χ3v) is 3.50.